The molecule has 0 fully saturated rings. The molecule has 0 spiro atoms. The first kappa shape index (κ1) is 23.5. The third-order valence-electron chi connectivity index (χ3n) is 4.35. The van der Waals surface area contributed by atoms with Gasteiger partial charge >= 0.3 is 0 Å². The van der Waals surface area contributed by atoms with Gasteiger partial charge in [-0.2, -0.15) is 0 Å². The Kier molecular flexibility index (Phi) is 9.27. The summed E-state index contributed by atoms with van der Waals surface area (Å²) in [5, 5.41) is 3.79. The number of nitrogens with zero attached hydrogens (tertiary/aromatic N) is 1. The van der Waals surface area contributed by atoms with E-state index in [0.29, 0.717) is 27.9 Å². The van der Waals surface area contributed by atoms with Crippen LogP contribution < -0.4 is 5.32 Å². The molecule has 156 valence electrons. The van der Waals surface area contributed by atoms with E-state index in [9.17, 15) is 14.0 Å². The molecule has 0 aromatic heterocycles. The van der Waals surface area contributed by atoms with Crippen molar-refractivity contribution in [2.75, 3.05) is 12.3 Å². The Morgan fingerprint density at radius 2 is 1.79 bits per heavy atom. The molecule has 2 rings (SSSR count). The first-order valence-corrected chi connectivity index (χ1v) is 11.1. The first-order valence-electron chi connectivity index (χ1n) is 9.16. The fraction of sp³-hybridized carbons (Fsp3) is 0.333. The molecule has 29 heavy (non-hydrogen) atoms. The minimum atomic E-state index is -0.730. The summed E-state index contributed by atoms with van der Waals surface area (Å²) < 4.78 is 14.1. The summed E-state index contributed by atoms with van der Waals surface area (Å²) in [6.45, 7) is 3.90. The molecule has 8 heteroatoms. The number of likely N-dealkylation sites (N-methyl/N-ethyl adjacent to an activating group) is 1. The van der Waals surface area contributed by atoms with Crippen LogP contribution in [0.15, 0.2) is 42.5 Å². The van der Waals surface area contributed by atoms with Crippen LogP contribution in [-0.2, 0) is 21.9 Å². The number of nitrogens with one attached hydrogen (secondary N) is 1. The van der Waals surface area contributed by atoms with E-state index in [0.717, 1.165) is 5.56 Å². The van der Waals surface area contributed by atoms with E-state index in [1.54, 1.807) is 50.2 Å². The van der Waals surface area contributed by atoms with Crippen LogP contribution in [0.3, 0.4) is 0 Å². The van der Waals surface area contributed by atoms with Gasteiger partial charge in [-0.15, -0.1) is 11.8 Å². The van der Waals surface area contributed by atoms with Gasteiger partial charge in [0, 0.05) is 34.5 Å². The first-order chi connectivity index (χ1) is 13.8. The second-order valence-corrected chi connectivity index (χ2v) is 8.18. The van der Waals surface area contributed by atoms with Crippen molar-refractivity contribution in [2.24, 2.45) is 0 Å². The second kappa shape index (κ2) is 11.4. The average Bonchev–Trinajstić information content (AvgIpc) is 2.69. The van der Waals surface area contributed by atoms with Gasteiger partial charge in [0.05, 0.1) is 5.75 Å². The minimum absolute atomic E-state index is 0.0111. The lowest BCUT2D eigenvalue weighted by molar-refractivity contribution is -0.138. The zero-order valence-corrected chi connectivity index (χ0v) is 18.6. The molecule has 0 heterocycles. The van der Waals surface area contributed by atoms with Crippen LogP contribution in [0.4, 0.5) is 4.39 Å². The van der Waals surface area contributed by atoms with Crippen molar-refractivity contribution in [2.45, 2.75) is 32.2 Å². The Morgan fingerprint density at radius 3 is 2.41 bits per heavy atom. The lowest BCUT2D eigenvalue weighted by Crippen LogP contribution is -2.48. The van der Waals surface area contributed by atoms with Crippen molar-refractivity contribution in [3.8, 4) is 0 Å². The van der Waals surface area contributed by atoms with Crippen molar-refractivity contribution >= 4 is 46.8 Å². The number of carbonyl (C=O) groups is 2. The van der Waals surface area contributed by atoms with E-state index in [1.165, 1.54) is 22.7 Å². The van der Waals surface area contributed by atoms with Gasteiger partial charge in [0.15, 0.2) is 0 Å². The van der Waals surface area contributed by atoms with Crippen LogP contribution in [0.25, 0.3) is 0 Å². The van der Waals surface area contributed by atoms with E-state index in [2.05, 4.69) is 5.32 Å². The molecular formula is C21H23Cl2FN2O2S. The van der Waals surface area contributed by atoms with E-state index in [-0.39, 0.29) is 24.1 Å². The molecule has 2 amide bonds. The quantitative estimate of drug-likeness (QED) is 0.582. The highest BCUT2D eigenvalue weighted by atomic mass is 35.5. The van der Waals surface area contributed by atoms with E-state index in [1.807, 2.05) is 0 Å². The van der Waals surface area contributed by atoms with Crippen molar-refractivity contribution in [1.82, 2.24) is 10.2 Å². The SMILES string of the molecule is CCNC(=O)[C@H](C)N(Cc1ccccc1F)C(=O)CSCc1c(Cl)cccc1Cl. The molecule has 1 N–H and O–H groups in total. The Hall–Kier alpha value is -1.76. The number of benzene rings is 2. The molecule has 0 radical (unpaired) electrons. The number of halogens is 3. The van der Waals surface area contributed by atoms with Crippen LogP contribution in [0, 0.1) is 5.82 Å². The van der Waals surface area contributed by atoms with Gasteiger partial charge in [0.25, 0.3) is 0 Å². The van der Waals surface area contributed by atoms with Crippen molar-refractivity contribution in [3.05, 3.63) is 69.5 Å². The maximum atomic E-state index is 14.1. The van der Waals surface area contributed by atoms with E-state index >= 15 is 0 Å². The van der Waals surface area contributed by atoms with Crippen molar-refractivity contribution in [3.63, 3.8) is 0 Å². The summed E-state index contributed by atoms with van der Waals surface area (Å²) in [5.41, 5.74) is 1.11. The van der Waals surface area contributed by atoms with Gasteiger partial charge in [-0.05, 0) is 37.6 Å². The zero-order valence-electron chi connectivity index (χ0n) is 16.3. The zero-order chi connectivity index (χ0) is 21.4. The number of thioether (sulfide) groups is 1. The van der Waals surface area contributed by atoms with Gasteiger partial charge in [0.2, 0.25) is 11.8 Å². The molecule has 1 atom stereocenters. The van der Waals surface area contributed by atoms with Crippen molar-refractivity contribution in [1.29, 1.82) is 0 Å². The number of hydrogen-bond donors (Lipinski definition) is 1. The molecule has 0 bridgehead atoms. The molecule has 0 aliphatic heterocycles. The Morgan fingerprint density at radius 1 is 1.14 bits per heavy atom. The smallest absolute Gasteiger partial charge is 0.242 e. The molecule has 2 aromatic rings. The Labute approximate surface area is 184 Å². The summed E-state index contributed by atoms with van der Waals surface area (Å²) in [4.78, 5) is 26.6. The van der Waals surface area contributed by atoms with Crippen LogP contribution in [0.2, 0.25) is 10.0 Å². The van der Waals surface area contributed by atoms with Crippen LogP contribution in [0.5, 0.6) is 0 Å². The summed E-state index contributed by atoms with van der Waals surface area (Å²) in [5.74, 6) is -0.395. The predicted octanol–water partition coefficient (Wildman–Crippen LogP) is 4.92. The fourth-order valence-corrected chi connectivity index (χ4v) is 4.36. The minimum Gasteiger partial charge on any atom is -0.355 e. The van der Waals surface area contributed by atoms with Gasteiger partial charge in [-0.1, -0.05) is 47.5 Å². The third-order valence-corrected chi connectivity index (χ3v) is 6.00. The largest absolute Gasteiger partial charge is 0.355 e. The highest BCUT2D eigenvalue weighted by Crippen LogP contribution is 2.28. The topological polar surface area (TPSA) is 49.4 Å². The standard InChI is InChI=1S/C21H23Cl2FN2O2S/c1-3-25-21(28)14(2)26(11-15-7-4-5-10-19(15)24)20(27)13-29-12-16-17(22)8-6-9-18(16)23/h4-10,14H,3,11-13H2,1-2H3,(H,25,28)/t14-/m0/s1. The molecule has 0 aliphatic carbocycles. The van der Waals surface area contributed by atoms with Gasteiger partial charge in [0.1, 0.15) is 11.9 Å². The Balaban J connectivity index is 2.11. The molecule has 0 aliphatic rings. The second-order valence-electron chi connectivity index (χ2n) is 6.38. The highest BCUT2D eigenvalue weighted by Gasteiger charge is 2.26. The predicted molar refractivity (Wildman–Crippen MR) is 118 cm³/mol. The number of rotatable bonds is 9. The molecule has 2 aromatic carbocycles. The number of hydrogen-bond acceptors (Lipinski definition) is 3. The summed E-state index contributed by atoms with van der Waals surface area (Å²) >= 11 is 13.7. The molecular weight excluding hydrogens is 434 g/mol. The van der Waals surface area contributed by atoms with Crippen LogP contribution in [0.1, 0.15) is 25.0 Å². The molecule has 0 saturated heterocycles. The lowest BCUT2D eigenvalue weighted by Gasteiger charge is -2.28. The summed E-state index contributed by atoms with van der Waals surface area (Å²) in [7, 11) is 0. The molecule has 0 unspecified atom stereocenters. The normalized spacial score (nSPS) is 11.8. The maximum Gasteiger partial charge on any atom is 0.242 e. The third kappa shape index (κ3) is 6.63. The Bertz CT molecular complexity index is 846. The monoisotopic (exact) mass is 456 g/mol. The van der Waals surface area contributed by atoms with Crippen LogP contribution in [-0.4, -0.2) is 35.1 Å². The van der Waals surface area contributed by atoms with Gasteiger partial charge in [-0.3, -0.25) is 9.59 Å². The summed E-state index contributed by atoms with van der Waals surface area (Å²) in [6.07, 6.45) is 0. The molecule has 4 nitrogen and oxygen atoms in total. The van der Waals surface area contributed by atoms with Gasteiger partial charge in [-0.25, -0.2) is 4.39 Å². The van der Waals surface area contributed by atoms with E-state index < -0.39 is 11.9 Å². The molecule has 0 saturated carbocycles. The number of carbonyl (C=O) groups excluding carboxylic acids is 2. The number of amides is 2. The fourth-order valence-electron chi connectivity index (χ4n) is 2.71. The van der Waals surface area contributed by atoms with Gasteiger partial charge < -0.3 is 10.2 Å². The summed E-state index contributed by atoms with van der Waals surface area (Å²) in [6, 6.07) is 10.7. The van der Waals surface area contributed by atoms with Crippen molar-refractivity contribution < 1.29 is 14.0 Å². The van der Waals surface area contributed by atoms with E-state index in [4.69, 9.17) is 23.2 Å². The average molecular weight is 457 g/mol. The maximum absolute atomic E-state index is 14.1. The van der Waals surface area contributed by atoms with Crippen LogP contribution >= 0.6 is 35.0 Å². The highest BCUT2D eigenvalue weighted by molar-refractivity contribution is 7.99. The lowest BCUT2D eigenvalue weighted by atomic mass is 10.1.